The van der Waals surface area contributed by atoms with Crippen LogP contribution >= 0.6 is 0 Å². The number of likely N-dealkylation sites (tertiary alicyclic amines) is 1. The molecule has 1 atom stereocenters. The summed E-state index contributed by atoms with van der Waals surface area (Å²) in [5.41, 5.74) is 0.634. The fourth-order valence-electron chi connectivity index (χ4n) is 3.08. The monoisotopic (exact) mass is 288 g/mol. The zero-order valence-electron chi connectivity index (χ0n) is 12.2. The third kappa shape index (κ3) is 2.65. The van der Waals surface area contributed by atoms with E-state index in [2.05, 4.69) is 4.90 Å². The summed E-state index contributed by atoms with van der Waals surface area (Å²) < 4.78 is 5.38. The number of hydrogen-bond acceptors (Lipinski definition) is 4. The van der Waals surface area contributed by atoms with Crippen molar-refractivity contribution in [3.8, 4) is 5.75 Å². The van der Waals surface area contributed by atoms with Gasteiger partial charge in [0.2, 0.25) is 5.91 Å². The van der Waals surface area contributed by atoms with E-state index in [0.717, 1.165) is 31.7 Å². The maximum atomic E-state index is 12.5. The molecule has 0 bridgehead atoms. The number of carbonyl (C=O) groups is 2. The fraction of sp³-hybridized carbons (Fsp3) is 0.500. The lowest BCUT2D eigenvalue weighted by Crippen LogP contribution is -2.40. The van der Waals surface area contributed by atoms with Crippen LogP contribution in [0.25, 0.3) is 0 Å². The summed E-state index contributed by atoms with van der Waals surface area (Å²) in [5, 5.41) is 0. The zero-order valence-corrected chi connectivity index (χ0v) is 12.2. The van der Waals surface area contributed by atoms with Gasteiger partial charge in [0.15, 0.2) is 0 Å². The van der Waals surface area contributed by atoms with Gasteiger partial charge < -0.3 is 4.74 Å². The largest absolute Gasteiger partial charge is 0.494 e. The Kier molecular flexibility index (Phi) is 3.92. The van der Waals surface area contributed by atoms with Gasteiger partial charge >= 0.3 is 0 Å². The third-order valence-electron chi connectivity index (χ3n) is 4.11. The number of hydrogen-bond donors (Lipinski definition) is 0. The Labute approximate surface area is 124 Å². The predicted molar refractivity (Wildman–Crippen MR) is 79.3 cm³/mol. The molecule has 0 radical (unpaired) electrons. The highest BCUT2D eigenvalue weighted by molar-refractivity contribution is 6.22. The first-order chi connectivity index (χ1) is 10.2. The van der Waals surface area contributed by atoms with Gasteiger partial charge in [-0.3, -0.25) is 14.5 Å². The number of amides is 2. The molecule has 2 heterocycles. The Balaban J connectivity index is 1.78. The van der Waals surface area contributed by atoms with Crippen LogP contribution in [0, 0.1) is 0 Å². The molecule has 2 aliphatic heterocycles. The Hall–Kier alpha value is -1.88. The zero-order chi connectivity index (χ0) is 14.8. The van der Waals surface area contributed by atoms with E-state index < -0.39 is 0 Å². The molecule has 2 aliphatic rings. The van der Waals surface area contributed by atoms with E-state index in [1.165, 1.54) is 4.90 Å². The minimum absolute atomic E-state index is 0.0916. The van der Waals surface area contributed by atoms with Crippen molar-refractivity contribution in [2.75, 3.05) is 24.6 Å². The molecule has 5 heteroatoms. The van der Waals surface area contributed by atoms with Crippen LogP contribution in [-0.2, 0) is 9.59 Å². The Morgan fingerprint density at radius 3 is 2.43 bits per heavy atom. The second-order valence-corrected chi connectivity index (χ2v) is 5.46. The van der Waals surface area contributed by atoms with Crippen LogP contribution in [0.5, 0.6) is 5.75 Å². The molecule has 1 unspecified atom stereocenters. The van der Waals surface area contributed by atoms with Crippen molar-refractivity contribution in [1.82, 2.24) is 4.90 Å². The molecule has 2 fully saturated rings. The highest BCUT2D eigenvalue weighted by Gasteiger charge is 2.43. The molecular weight excluding hydrogens is 268 g/mol. The number of nitrogens with zero attached hydrogens (tertiary/aromatic N) is 2. The summed E-state index contributed by atoms with van der Waals surface area (Å²) in [6.45, 7) is 4.35. The second kappa shape index (κ2) is 5.85. The van der Waals surface area contributed by atoms with Crippen molar-refractivity contribution >= 4 is 17.5 Å². The average molecular weight is 288 g/mol. The third-order valence-corrected chi connectivity index (χ3v) is 4.11. The standard InChI is InChI=1S/C16H20N2O3/c1-2-21-13-7-5-12(6-8-13)18-15(19)11-14(16(18)20)17-9-3-4-10-17/h5-8,14H,2-4,9-11H2,1H3. The summed E-state index contributed by atoms with van der Waals surface area (Å²) in [5.74, 6) is 0.545. The van der Waals surface area contributed by atoms with Crippen molar-refractivity contribution in [3.63, 3.8) is 0 Å². The van der Waals surface area contributed by atoms with E-state index in [1.54, 1.807) is 24.3 Å². The fourth-order valence-corrected chi connectivity index (χ4v) is 3.08. The number of anilines is 1. The van der Waals surface area contributed by atoms with Crippen LogP contribution in [-0.4, -0.2) is 42.5 Å². The number of rotatable bonds is 4. The molecule has 112 valence electrons. The molecule has 21 heavy (non-hydrogen) atoms. The minimum atomic E-state index is -0.272. The van der Waals surface area contributed by atoms with E-state index in [0.29, 0.717) is 18.7 Å². The van der Waals surface area contributed by atoms with Crippen LogP contribution in [0.2, 0.25) is 0 Å². The molecule has 2 saturated heterocycles. The number of carbonyl (C=O) groups excluding carboxylic acids is 2. The molecular formula is C16H20N2O3. The molecule has 0 spiro atoms. The summed E-state index contributed by atoms with van der Waals surface area (Å²) in [4.78, 5) is 28.2. The first kappa shape index (κ1) is 14.1. The minimum Gasteiger partial charge on any atom is -0.494 e. The van der Waals surface area contributed by atoms with Gasteiger partial charge in [0.25, 0.3) is 5.91 Å². The maximum absolute atomic E-state index is 12.5. The Bertz CT molecular complexity index is 535. The van der Waals surface area contributed by atoms with Crippen LogP contribution < -0.4 is 9.64 Å². The van der Waals surface area contributed by atoms with Gasteiger partial charge in [-0.1, -0.05) is 0 Å². The molecule has 0 aliphatic carbocycles. The van der Waals surface area contributed by atoms with E-state index in [9.17, 15) is 9.59 Å². The van der Waals surface area contributed by atoms with Gasteiger partial charge in [-0.15, -0.1) is 0 Å². The number of imide groups is 1. The number of benzene rings is 1. The van der Waals surface area contributed by atoms with Gasteiger partial charge in [0.1, 0.15) is 5.75 Å². The molecule has 0 aromatic heterocycles. The van der Waals surface area contributed by atoms with E-state index in [-0.39, 0.29) is 17.9 Å². The lowest BCUT2D eigenvalue weighted by atomic mass is 10.2. The maximum Gasteiger partial charge on any atom is 0.251 e. The molecule has 5 nitrogen and oxygen atoms in total. The topological polar surface area (TPSA) is 49.9 Å². The second-order valence-electron chi connectivity index (χ2n) is 5.46. The highest BCUT2D eigenvalue weighted by atomic mass is 16.5. The Morgan fingerprint density at radius 1 is 1.14 bits per heavy atom. The van der Waals surface area contributed by atoms with Crippen molar-refractivity contribution in [2.45, 2.75) is 32.2 Å². The van der Waals surface area contributed by atoms with E-state index >= 15 is 0 Å². The van der Waals surface area contributed by atoms with E-state index in [1.807, 2.05) is 6.92 Å². The van der Waals surface area contributed by atoms with Crippen LogP contribution in [0.1, 0.15) is 26.2 Å². The van der Waals surface area contributed by atoms with Crippen molar-refractivity contribution < 1.29 is 14.3 Å². The van der Waals surface area contributed by atoms with Gasteiger partial charge in [0.05, 0.1) is 24.8 Å². The summed E-state index contributed by atoms with van der Waals surface area (Å²) in [7, 11) is 0. The summed E-state index contributed by atoms with van der Waals surface area (Å²) >= 11 is 0. The molecule has 2 amide bonds. The van der Waals surface area contributed by atoms with Crippen LogP contribution in [0.4, 0.5) is 5.69 Å². The first-order valence-electron chi connectivity index (χ1n) is 7.54. The van der Waals surface area contributed by atoms with Crippen LogP contribution in [0.3, 0.4) is 0 Å². The molecule has 3 rings (SSSR count). The Morgan fingerprint density at radius 2 is 1.81 bits per heavy atom. The van der Waals surface area contributed by atoms with Gasteiger partial charge in [0, 0.05) is 0 Å². The predicted octanol–water partition coefficient (Wildman–Crippen LogP) is 1.81. The quantitative estimate of drug-likeness (QED) is 0.793. The van der Waals surface area contributed by atoms with Crippen molar-refractivity contribution in [1.29, 1.82) is 0 Å². The lowest BCUT2D eigenvalue weighted by Gasteiger charge is -2.21. The molecule has 0 saturated carbocycles. The molecule has 0 N–H and O–H groups in total. The smallest absolute Gasteiger partial charge is 0.251 e. The normalized spacial score (nSPS) is 23.1. The lowest BCUT2D eigenvalue weighted by molar-refractivity contribution is -0.122. The summed E-state index contributed by atoms with van der Waals surface area (Å²) in [6.07, 6.45) is 2.52. The van der Waals surface area contributed by atoms with Crippen LogP contribution in [0.15, 0.2) is 24.3 Å². The molecule has 1 aromatic rings. The van der Waals surface area contributed by atoms with E-state index in [4.69, 9.17) is 4.74 Å². The number of ether oxygens (including phenoxy) is 1. The van der Waals surface area contributed by atoms with Gasteiger partial charge in [-0.25, -0.2) is 4.90 Å². The van der Waals surface area contributed by atoms with Gasteiger partial charge in [-0.05, 0) is 57.1 Å². The SMILES string of the molecule is CCOc1ccc(N2C(=O)CC(N3CCCC3)C2=O)cc1. The van der Waals surface area contributed by atoms with Gasteiger partial charge in [-0.2, -0.15) is 0 Å². The first-order valence-corrected chi connectivity index (χ1v) is 7.54. The van der Waals surface area contributed by atoms with Crippen molar-refractivity contribution in [2.24, 2.45) is 0 Å². The summed E-state index contributed by atoms with van der Waals surface area (Å²) in [6, 6.07) is 6.86. The highest BCUT2D eigenvalue weighted by Crippen LogP contribution is 2.28. The molecule has 1 aromatic carbocycles. The average Bonchev–Trinajstić information content (AvgIpc) is 3.09. The van der Waals surface area contributed by atoms with Crippen molar-refractivity contribution in [3.05, 3.63) is 24.3 Å².